The number of methoxy groups -OCH3 is 1. The zero-order valence-electron chi connectivity index (χ0n) is 7.69. The second kappa shape index (κ2) is 3.45. The van der Waals surface area contributed by atoms with Crippen LogP contribution < -0.4 is 4.74 Å². The highest BCUT2D eigenvalue weighted by Crippen LogP contribution is 2.27. The van der Waals surface area contributed by atoms with Gasteiger partial charge in [0.2, 0.25) is 0 Å². The second-order valence-corrected chi connectivity index (χ2v) is 2.78. The molecule has 71 valence electrons. The van der Waals surface area contributed by atoms with E-state index in [1.54, 1.807) is 7.11 Å². The lowest BCUT2D eigenvalue weighted by Gasteiger charge is -2.05. The average molecular weight is 189 g/mol. The van der Waals surface area contributed by atoms with E-state index < -0.39 is 0 Å². The summed E-state index contributed by atoms with van der Waals surface area (Å²) in [4.78, 5) is 0. The van der Waals surface area contributed by atoms with Crippen molar-refractivity contribution in [3.63, 3.8) is 0 Å². The minimum absolute atomic E-state index is 0.576. The highest BCUT2D eigenvalue weighted by atomic mass is 16.5. The third-order valence-electron chi connectivity index (χ3n) is 1.86. The van der Waals surface area contributed by atoms with Crippen molar-refractivity contribution in [1.82, 2.24) is 20.6 Å². The van der Waals surface area contributed by atoms with Crippen molar-refractivity contribution in [1.29, 1.82) is 0 Å². The molecule has 0 spiro atoms. The van der Waals surface area contributed by atoms with Crippen LogP contribution in [0.2, 0.25) is 0 Å². The van der Waals surface area contributed by atoms with E-state index in [9.17, 15) is 0 Å². The normalized spacial score (nSPS) is 10.1. The molecule has 0 unspecified atom stereocenters. The summed E-state index contributed by atoms with van der Waals surface area (Å²) < 4.78 is 5.18. The number of aromatic amines is 1. The van der Waals surface area contributed by atoms with Gasteiger partial charge < -0.3 is 4.74 Å². The average Bonchev–Trinajstić information content (AvgIpc) is 2.70. The van der Waals surface area contributed by atoms with Crippen LogP contribution in [0.3, 0.4) is 0 Å². The molecule has 5 nitrogen and oxygen atoms in total. The summed E-state index contributed by atoms with van der Waals surface area (Å²) in [5, 5.41) is 13.5. The lowest BCUT2D eigenvalue weighted by Crippen LogP contribution is -1.90. The Morgan fingerprint density at radius 3 is 2.93 bits per heavy atom. The van der Waals surface area contributed by atoms with Gasteiger partial charge in [-0.2, -0.15) is 0 Å². The van der Waals surface area contributed by atoms with Crippen LogP contribution in [0.1, 0.15) is 5.56 Å². The van der Waals surface area contributed by atoms with Gasteiger partial charge >= 0.3 is 0 Å². The van der Waals surface area contributed by atoms with E-state index >= 15 is 0 Å². The summed E-state index contributed by atoms with van der Waals surface area (Å²) in [5.41, 5.74) is 1.70. The molecule has 0 saturated carbocycles. The Bertz CT molecular complexity index is 424. The van der Waals surface area contributed by atoms with E-state index in [-0.39, 0.29) is 0 Å². The number of rotatable bonds is 2. The zero-order valence-corrected chi connectivity index (χ0v) is 7.69. The second-order valence-electron chi connectivity index (χ2n) is 2.78. The fraction of sp³-hybridized carbons (Fsp3) is 0.111. The first-order chi connectivity index (χ1) is 6.81. The van der Waals surface area contributed by atoms with Gasteiger partial charge in [0.05, 0.1) is 12.7 Å². The van der Waals surface area contributed by atoms with Gasteiger partial charge in [-0.3, -0.25) is 0 Å². The number of hydrogen-bond acceptors (Lipinski definition) is 4. The molecule has 0 fully saturated rings. The van der Waals surface area contributed by atoms with Gasteiger partial charge in [-0.25, -0.2) is 5.10 Å². The van der Waals surface area contributed by atoms with Crippen LogP contribution in [0.25, 0.3) is 11.4 Å². The number of ether oxygens (including phenoxy) is 1. The predicted octanol–water partition coefficient (Wildman–Crippen LogP) is 1.06. The van der Waals surface area contributed by atoms with Crippen LogP contribution in [-0.4, -0.2) is 27.7 Å². The Balaban J connectivity index is 2.55. The van der Waals surface area contributed by atoms with E-state index in [0.29, 0.717) is 5.82 Å². The summed E-state index contributed by atoms with van der Waals surface area (Å²) >= 11 is 0. The minimum atomic E-state index is 0.576. The third-order valence-corrected chi connectivity index (χ3v) is 1.86. The van der Waals surface area contributed by atoms with Crippen LogP contribution in [0.4, 0.5) is 0 Å². The monoisotopic (exact) mass is 189 g/mol. The lowest BCUT2D eigenvalue weighted by atomic mass is 10.1. The Morgan fingerprint density at radius 2 is 2.29 bits per heavy atom. The smallest absolute Gasteiger partial charge is 0.183 e. The maximum absolute atomic E-state index is 5.18. The van der Waals surface area contributed by atoms with Gasteiger partial charge in [0.1, 0.15) is 5.75 Å². The van der Waals surface area contributed by atoms with Crippen molar-refractivity contribution >= 4 is 0 Å². The Morgan fingerprint density at radius 1 is 1.43 bits per heavy atom. The molecule has 0 aliphatic heterocycles. The van der Waals surface area contributed by atoms with Crippen molar-refractivity contribution in [3.8, 4) is 17.1 Å². The van der Waals surface area contributed by atoms with E-state index in [1.807, 2.05) is 18.2 Å². The first kappa shape index (κ1) is 8.68. The van der Waals surface area contributed by atoms with Crippen LogP contribution in [0, 0.1) is 6.92 Å². The Hall–Kier alpha value is -1.91. The van der Waals surface area contributed by atoms with Gasteiger partial charge in [-0.1, -0.05) is 6.07 Å². The zero-order chi connectivity index (χ0) is 9.97. The molecule has 0 aliphatic rings. The van der Waals surface area contributed by atoms with Crippen LogP contribution in [0.15, 0.2) is 18.2 Å². The molecule has 0 aliphatic carbocycles. The maximum Gasteiger partial charge on any atom is 0.183 e. The largest absolute Gasteiger partial charge is 0.496 e. The summed E-state index contributed by atoms with van der Waals surface area (Å²) in [6.45, 7) is 3.83. The molecule has 14 heavy (non-hydrogen) atoms. The SMILES string of the molecule is [CH2]c1ccc(OC)c(-c2nnn[nH]2)c1. The Kier molecular flexibility index (Phi) is 2.14. The number of nitrogens with zero attached hydrogens (tertiary/aromatic N) is 3. The summed E-state index contributed by atoms with van der Waals surface area (Å²) in [6.07, 6.45) is 0. The van der Waals surface area contributed by atoms with Crippen molar-refractivity contribution in [2.75, 3.05) is 7.11 Å². The molecule has 5 heteroatoms. The standard InChI is InChI=1S/C9H9N4O/c1-6-3-4-8(14-2)7(5-6)9-10-12-13-11-9/h3-5H,1H2,2H3,(H,10,11,12,13). The van der Waals surface area contributed by atoms with E-state index in [1.165, 1.54) is 0 Å². The van der Waals surface area contributed by atoms with Crippen molar-refractivity contribution in [2.45, 2.75) is 0 Å². The van der Waals surface area contributed by atoms with Crippen molar-refractivity contribution in [3.05, 3.63) is 30.7 Å². The highest BCUT2D eigenvalue weighted by Gasteiger charge is 2.08. The summed E-state index contributed by atoms with van der Waals surface area (Å²) in [5.74, 6) is 1.29. The van der Waals surface area contributed by atoms with Crippen molar-refractivity contribution in [2.24, 2.45) is 0 Å². The number of aromatic nitrogens is 4. The quantitative estimate of drug-likeness (QED) is 0.767. The molecule has 0 saturated heterocycles. The van der Waals surface area contributed by atoms with E-state index in [2.05, 4.69) is 27.5 Å². The van der Waals surface area contributed by atoms with E-state index in [4.69, 9.17) is 4.74 Å². The molecule has 1 N–H and O–H groups in total. The predicted molar refractivity (Wildman–Crippen MR) is 50.6 cm³/mol. The van der Waals surface area contributed by atoms with Gasteiger partial charge in [0, 0.05) is 0 Å². The van der Waals surface area contributed by atoms with Gasteiger partial charge in [0.25, 0.3) is 0 Å². The molecule has 1 radical (unpaired) electrons. The number of nitrogens with one attached hydrogen (secondary N) is 1. The van der Waals surface area contributed by atoms with Gasteiger partial charge in [0.15, 0.2) is 5.82 Å². The first-order valence-corrected chi connectivity index (χ1v) is 4.05. The highest BCUT2D eigenvalue weighted by molar-refractivity contribution is 5.64. The maximum atomic E-state index is 5.18. The molecule has 0 atom stereocenters. The first-order valence-electron chi connectivity index (χ1n) is 4.05. The molecular formula is C9H9N4O. The van der Waals surface area contributed by atoms with Crippen LogP contribution >= 0.6 is 0 Å². The fourth-order valence-electron chi connectivity index (χ4n) is 1.21. The molecular weight excluding hydrogens is 180 g/mol. The summed E-state index contributed by atoms with van der Waals surface area (Å²) in [6, 6.07) is 5.56. The van der Waals surface area contributed by atoms with Gasteiger partial charge in [-0.15, -0.1) is 5.10 Å². The topological polar surface area (TPSA) is 63.7 Å². The lowest BCUT2D eigenvalue weighted by molar-refractivity contribution is 0.416. The molecule has 0 amide bonds. The number of hydrogen-bond donors (Lipinski definition) is 1. The fourth-order valence-corrected chi connectivity index (χ4v) is 1.21. The summed E-state index contributed by atoms with van der Waals surface area (Å²) in [7, 11) is 1.60. The molecule has 2 aromatic rings. The molecule has 1 aromatic heterocycles. The Labute approximate surface area is 81.1 Å². The van der Waals surface area contributed by atoms with E-state index in [0.717, 1.165) is 16.9 Å². The number of benzene rings is 1. The number of H-pyrrole nitrogens is 1. The van der Waals surface area contributed by atoms with Crippen molar-refractivity contribution < 1.29 is 4.74 Å². The minimum Gasteiger partial charge on any atom is -0.496 e. The molecule has 1 aromatic carbocycles. The van der Waals surface area contributed by atoms with Crippen LogP contribution in [-0.2, 0) is 0 Å². The third kappa shape index (κ3) is 1.44. The molecule has 2 rings (SSSR count). The van der Waals surface area contributed by atoms with Crippen LogP contribution in [0.5, 0.6) is 5.75 Å². The molecule has 0 bridgehead atoms. The molecule has 1 heterocycles. The number of tetrazole rings is 1. The van der Waals surface area contributed by atoms with Gasteiger partial charge in [-0.05, 0) is 35.0 Å².